The van der Waals surface area contributed by atoms with Gasteiger partial charge >= 0.3 is 5.97 Å². The average Bonchev–Trinajstić information content (AvgIpc) is 2.33. The topological polar surface area (TPSA) is 90.2 Å². The van der Waals surface area contributed by atoms with Gasteiger partial charge in [0, 0.05) is 6.54 Å². The first-order valence-electron chi connectivity index (χ1n) is 6.00. The Hall–Kier alpha value is -1.79. The van der Waals surface area contributed by atoms with Crippen molar-refractivity contribution in [1.29, 1.82) is 0 Å². The lowest BCUT2D eigenvalue weighted by molar-refractivity contribution is -0.143. The fourth-order valence-electron chi connectivity index (χ4n) is 1.84. The molecule has 0 fully saturated rings. The summed E-state index contributed by atoms with van der Waals surface area (Å²) in [6, 6.07) is 3.55. The lowest BCUT2D eigenvalue weighted by atomic mass is 10.0. The Balaban J connectivity index is 3.09. The number of likely N-dealkylation sites (N-methyl/N-ethyl adjacent to an activating group) is 1. The van der Waals surface area contributed by atoms with Crippen molar-refractivity contribution in [1.82, 2.24) is 4.90 Å². The molecular weight excluding hydrogens is 250 g/mol. The van der Waals surface area contributed by atoms with E-state index in [9.17, 15) is 15.0 Å². The number of ether oxygens (including phenoxy) is 1. The van der Waals surface area contributed by atoms with E-state index >= 15 is 0 Å². The van der Waals surface area contributed by atoms with E-state index in [0.717, 1.165) is 0 Å². The number of nitrogens with zero attached hydrogens (tertiary/aromatic N) is 1. The molecule has 1 unspecified atom stereocenters. The van der Waals surface area contributed by atoms with Crippen molar-refractivity contribution in [2.24, 2.45) is 0 Å². The minimum atomic E-state index is -1.02. The zero-order valence-corrected chi connectivity index (χ0v) is 11.0. The normalized spacial score (nSPS) is 12.4. The molecule has 6 nitrogen and oxygen atoms in total. The maximum Gasteiger partial charge on any atom is 0.325 e. The van der Waals surface area contributed by atoms with Gasteiger partial charge in [-0.25, -0.2) is 0 Å². The summed E-state index contributed by atoms with van der Waals surface area (Å²) in [5, 5.41) is 27.8. The maximum absolute atomic E-state index is 11.3. The minimum absolute atomic E-state index is 0.0282. The molecular formula is C13H19NO5. The molecule has 0 aromatic heterocycles. The molecule has 3 N–H and O–H groups in total. The number of phenolic OH excluding ortho intramolecular Hbond substituents is 1. The lowest BCUT2D eigenvalue weighted by Crippen LogP contribution is -2.32. The van der Waals surface area contributed by atoms with Crippen LogP contribution in [0.4, 0.5) is 0 Å². The van der Waals surface area contributed by atoms with Crippen molar-refractivity contribution in [3.63, 3.8) is 0 Å². The van der Waals surface area contributed by atoms with Crippen molar-refractivity contribution in [2.45, 2.75) is 13.0 Å². The summed E-state index contributed by atoms with van der Waals surface area (Å²) in [5.41, 5.74) is 0.490. The first-order chi connectivity index (χ1) is 9.01. The number of hydrogen-bond acceptors (Lipinski definition) is 5. The molecule has 0 aliphatic carbocycles. The lowest BCUT2D eigenvalue weighted by Gasteiger charge is -2.24. The van der Waals surface area contributed by atoms with E-state index < -0.39 is 12.0 Å². The number of carboxylic acids is 1. The van der Waals surface area contributed by atoms with Crippen LogP contribution < -0.4 is 4.74 Å². The number of aromatic hydroxyl groups is 1. The molecule has 0 aliphatic rings. The van der Waals surface area contributed by atoms with E-state index in [1.54, 1.807) is 14.0 Å². The van der Waals surface area contributed by atoms with Crippen LogP contribution in [0.5, 0.6) is 11.5 Å². The van der Waals surface area contributed by atoms with Crippen LogP contribution in [0.3, 0.4) is 0 Å². The number of phenols is 1. The molecule has 106 valence electrons. The highest BCUT2D eigenvalue weighted by Crippen LogP contribution is 2.31. The Morgan fingerprint density at radius 2 is 2.16 bits per heavy atom. The molecule has 0 amide bonds. The SMILES string of the molecule is CCOc1cc(C(C(=O)O)N(C)CCO)ccc1O. The third-order valence-corrected chi connectivity index (χ3v) is 2.73. The van der Waals surface area contributed by atoms with Gasteiger partial charge in [-0.3, -0.25) is 9.69 Å². The average molecular weight is 269 g/mol. The van der Waals surface area contributed by atoms with Gasteiger partial charge in [-0.05, 0) is 31.7 Å². The van der Waals surface area contributed by atoms with E-state index in [-0.39, 0.29) is 24.7 Å². The van der Waals surface area contributed by atoms with Crippen LogP contribution in [-0.2, 0) is 4.79 Å². The third-order valence-electron chi connectivity index (χ3n) is 2.73. The first-order valence-corrected chi connectivity index (χ1v) is 6.00. The van der Waals surface area contributed by atoms with Crippen LogP contribution in [0.1, 0.15) is 18.5 Å². The molecule has 0 spiro atoms. The van der Waals surface area contributed by atoms with E-state index in [1.165, 1.54) is 23.1 Å². The second-order valence-electron chi connectivity index (χ2n) is 4.11. The number of benzene rings is 1. The number of aliphatic hydroxyl groups is 1. The molecule has 1 rings (SSSR count). The highest BCUT2D eigenvalue weighted by molar-refractivity contribution is 5.76. The Morgan fingerprint density at radius 1 is 1.47 bits per heavy atom. The first kappa shape index (κ1) is 15.3. The number of aliphatic hydroxyl groups excluding tert-OH is 1. The Morgan fingerprint density at radius 3 is 2.68 bits per heavy atom. The zero-order chi connectivity index (χ0) is 14.4. The predicted molar refractivity (Wildman–Crippen MR) is 69.4 cm³/mol. The molecule has 6 heteroatoms. The number of aliphatic carboxylic acids is 1. The van der Waals surface area contributed by atoms with E-state index in [4.69, 9.17) is 9.84 Å². The Bertz CT molecular complexity index is 435. The van der Waals surface area contributed by atoms with Gasteiger partial charge in [0.25, 0.3) is 0 Å². The van der Waals surface area contributed by atoms with Gasteiger partial charge in [-0.15, -0.1) is 0 Å². The molecule has 1 atom stereocenters. The minimum Gasteiger partial charge on any atom is -0.504 e. The van der Waals surface area contributed by atoms with Gasteiger partial charge in [0.15, 0.2) is 11.5 Å². The van der Waals surface area contributed by atoms with E-state index in [0.29, 0.717) is 12.2 Å². The molecule has 0 bridgehead atoms. The van der Waals surface area contributed by atoms with Gasteiger partial charge in [0.1, 0.15) is 6.04 Å². The van der Waals surface area contributed by atoms with Crippen LogP contribution in [-0.4, -0.2) is 53.0 Å². The largest absolute Gasteiger partial charge is 0.504 e. The standard InChI is InChI=1S/C13H19NO5/c1-3-19-11-8-9(4-5-10(11)16)12(13(17)18)14(2)6-7-15/h4-5,8,12,15-16H,3,6-7H2,1-2H3,(H,17,18). The highest BCUT2D eigenvalue weighted by atomic mass is 16.5. The second kappa shape index (κ2) is 6.96. The summed E-state index contributed by atoms with van der Waals surface area (Å²) < 4.78 is 5.24. The maximum atomic E-state index is 11.3. The summed E-state index contributed by atoms with van der Waals surface area (Å²) in [7, 11) is 1.61. The van der Waals surface area contributed by atoms with Crippen molar-refractivity contribution < 1.29 is 24.9 Å². The van der Waals surface area contributed by atoms with Gasteiger partial charge in [0.2, 0.25) is 0 Å². The van der Waals surface area contributed by atoms with Crippen LogP contribution in [0.15, 0.2) is 18.2 Å². The predicted octanol–water partition coefficient (Wildman–Crippen LogP) is 0.841. The summed E-state index contributed by atoms with van der Waals surface area (Å²) >= 11 is 0. The summed E-state index contributed by atoms with van der Waals surface area (Å²) in [5.74, 6) is -0.799. The number of carboxylic acid groups (broad SMARTS) is 1. The highest BCUT2D eigenvalue weighted by Gasteiger charge is 2.25. The third kappa shape index (κ3) is 3.84. The van der Waals surface area contributed by atoms with Gasteiger partial charge in [0.05, 0.1) is 13.2 Å². The van der Waals surface area contributed by atoms with Crippen molar-refractivity contribution in [3.8, 4) is 11.5 Å². The summed E-state index contributed by atoms with van der Waals surface area (Å²) in [4.78, 5) is 12.9. The molecule has 0 saturated carbocycles. The van der Waals surface area contributed by atoms with Crippen molar-refractivity contribution >= 4 is 5.97 Å². The van der Waals surface area contributed by atoms with Crippen molar-refractivity contribution in [2.75, 3.05) is 26.8 Å². The summed E-state index contributed by atoms with van der Waals surface area (Å²) in [6.45, 7) is 2.26. The van der Waals surface area contributed by atoms with E-state index in [2.05, 4.69) is 0 Å². The van der Waals surface area contributed by atoms with Crippen molar-refractivity contribution in [3.05, 3.63) is 23.8 Å². The second-order valence-corrected chi connectivity index (χ2v) is 4.11. The van der Waals surface area contributed by atoms with E-state index in [1.807, 2.05) is 0 Å². The molecule has 0 heterocycles. The van der Waals surface area contributed by atoms with Crippen LogP contribution in [0.2, 0.25) is 0 Å². The van der Waals surface area contributed by atoms with Gasteiger partial charge < -0.3 is 20.1 Å². The van der Waals surface area contributed by atoms with Crippen LogP contribution >= 0.6 is 0 Å². The molecule has 1 aromatic rings. The zero-order valence-electron chi connectivity index (χ0n) is 11.0. The smallest absolute Gasteiger partial charge is 0.325 e. The van der Waals surface area contributed by atoms with Gasteiger partial charge in [-0.2, -0.15) is 0 Å². The Kier molecular flexibility index (Phi) is 5.59. The fraction of sp³-hybridized carbons (Fsp3) is 0.462. The molecule has 0 saturated heterocycles. The van der Waals surface area contributed by atoms with Gasteiger partial charge in [-0.1, -0.05) is 6.07 Å². The Labute approximate surface area is 111 Å². The van der Waals surface area contributed by atoms with Crippen LogP contribution in [0.25, 0.3) is 0 Å². The number of hydrogen-bond donors (Lipinski definition) is 3. The number of carbonyl (C=O) groups is 1. The fourth-order valence-corrected chi connectivity index (χ4v) is 1.84. The molecule has 1 aromatic carbocycles. The summed E-state index contributed by atoms with van der Waals surface area (Å²) in [6.07, 6.45) is 0. The molecule has 0 radical (unpaired) electrons. The van der Waals surface area contributed by atoms with Crippen LogP contribution in [0, 0.1) is 0 Å². The molecule has 0 aliphatic heterocycles. The quantitative estimate of drug-likeness (QED) is 0.679. The molecule has 19 heavy (non-hydrogen) atoms. The number of rotatable bonds is 7. The monoisotopic (exact) mass is 269 g/mol.